The third-order valence-electron chi connectivity index (χ3n) is 11.1. The monoisotopic (exact) mass is 663 g/mol. The van der Waals surface area contributed by atoms with Gasteiger partial charge in [0.05, 0.1) is 33.1 Å². The van der Waals surface area contributed by atoms with Gasteiger partial charge in [-0.1, -0.05) is 109 Å². The Morgan fingerprint density at radius 2 is 0.942 bits per heavy atom. The lowest BCUT2D eigenvalue weighted by atomic mass is 9.98. The summed E-state index contributed by atoms with van der Waals surface area (Å²) >= 11 is 0. The predicted octanol–water partition coefficient (Wildman–Crippen LogP) is 11.7. The molecule has 0 atom stereocenters. The molecule has 0 spiro atoms. The quantitative estimate of drug-likeness (QED) is 0.185. The summed E-state index contributed by atoms with van der Waals surface area (Å²) in [6.45, 7) is 0. The number of aromatic nitrogens is 5. The largest absolute Gasteiger partial charge is 0.455 e. The normalized spacial score (nSPS) is 12.6. The minimum atomic E-state index is 0.867. The number of imidazole rings is 4. The molecule has 8 aromatic carbocycles. The van der Waals surface area contributed by atoms with E-state index in [1.54, 1.807) is 0 Å². The summed E-state index contributed by atoms with van der Waals surface area (Å²) in [7, 11) is 0. The van der Waals surface area contributed by atoms with Gasteiger partial charge in [-0.3, -0.25) is 8.80 Å². The maximum absolute atomic E-state index is 6.39. The molecule has 6 heteroatoms. The first-order chi connectivity index (χ1) is 25.7. The van der Waals surface area contributed by atoms with Crippen LogP contribution >= 0.6 is 0 Å². The molecule has 0 unspecified atom stereocenters. The number of fused-ring (bicyclic) bond motifs is 15. The maximum Gasteiger partial charge on any atom is 0.223 e. The zero-order valence-corrected chi connectivity index (χ0v) is 27.6. The first-order valence-electron chi connectivity index (χ1n) is 17.6. The number of furan rings is 1. The van der Waals surface area contributed by atoms with Crippen LogP contribution in [0, 0.1) is 0 Å². The van der Waals surface area contributed by atoms with E-state index in [0.717, 1.165) is 94.4 Å². The summed E-state index contributed by atoms with van der Waals surface area (Å²) in [4.78, 5) is 10.6. The van der Waals surface area contributed by atoms with Crippen LogP contribution < -0.4 is 0 Å². The Morgan fingerprint density at radius 3 is 1.58 bits per heavy atom. The second-order valence-corrected chi connectivity index (χ2v) is 13.9. The van der Waals surface area contributed by atoms with Crippen LogP contribution in [0.15, 0.2) is 156 Å². The smallest absolute Gasteiger partial charge is 0.223 e. The molecule has 0 saturated carbocycles. The lowest BCUT2D eigenvalue weighted by Crippen LogP contribution is -1.89. The first kappa shape index (κ1) is 26.7. The summed E-state index contributed by atoms with van der Waals surface area (Å²) < 4.78 is 13.3. The van der Waals surface area contributed by atoms with E-state index in [2.05, 4.69) is 153 Å². The molecule has 13 aromatic rings. The number of hydrogen-bond donors (Lipinski definition) is 0. The van der Waals surface area contributed by atoms with Crippen molar-refractivity contribution in [2.24, 2.45) is 0 Å². The molecule has 0 amide bonds. The molecule has 0 fully saturated rings. The molecule has 5 aromatic heterocycles. The highest BCUT2D eigenvalue weighted by atomic mass is 16.3. The van der Waals surface area contributed by atoms with Gasteiger partial charge in [0.2, 0.25) is 11.6 Å². The molecule has 240 valence electrons. The van der Waals surface area contributed by atoms with Gasteiger partial charge in [0.15, 0.2) is 0 Å². The predicted molar refractivity (Wildman–Crippen MR) is 212 cm³/mol. The molecule has 52 heavy (non-hydrogen) atoms. The number of para-hydroxylation sites is 2. The zero-order chi connectivity index (χ0) is 33.7. The fraction of sp³-hybridized carbons (Fsp3) is 0. The molecule has 0 radical (unpaired) electrons. The van der Waals surface area contributed by atoms with Crippen LogP contribution in [0.25, 0.3) is 116 Å². The van der Waals surface area contributed by atoms with Crippen molar-refractivity contribution in [1.82, 2.24) is 23.2 Å². The van der Waals surface area contributed by atoms with Crippen molar-refractivity contribution in [2.75, 3.05) is 0 Å². The van der Waals surface area contributed by atoms with Crippen molar-refractivity contribution in [3.05, 3.63) is 152 Å². The average molecular weight is 664 g/mol. The van der Waals surface area contributed by atoms with Gasteiger partial charge in [-0.2, -0.15) is 0 Å². The SMILES string of the molecule is c1ccc2cc3c(cc2c1)nc1n3c2cc(-c3ccc(-c4cccc5c4oc4ccccc45)cc3)cc3c2n1c1nc2cc4ccccc4cc2n31. The van der Waals surface area contributed by atoms with Crippen LogP contribution in [0.4, 0.5) is 0 Å². The van der Waals surface area contributed by atoms with Gasteiger partial charge >= 0.3 is 0 Å². The number of rotatable bonds is 2. The van der Waals surface area contributed by atoms with Crippen LogP contribution in [-0.4, -0.2) is 23.2 Å². The minimum Gasteiger partial charge on any atom is -0.455 e. The number of nitrogens with zero attached hydrogens (tertiary/aromatic N) is 5. The van der Waals surface area contributed by atoms with E-state index in [-0.39, 0.29) is 0 Å². The second kappa shape index (κ2) is 9.33. The lowest BCUT2D eigenvalue weighted by molar-refractivity contribution is 0.670. The van der Waals surface area contributed by atoms with Crippen molar-refractivity contribution < 1.29 is 4.42 Å². The number of hydrogen-bond acceptors (Lipinski definition) is 3. The third kappa shape index (κ3) is 3.34. The Bertz CT molecular complexity index is 3480. The second-order valence-electron chi connectivity index (χ2n) is 13.9. The summed E-state index contributed by atoms with van der Waals surface area (Å²) in [6, 6.07) is 54.1. The van der Waals surface area contributed by atoms with Gasteiger partial charge in [0.1, 0.15) is 16.7 Å². The Morgan fingerprint density at radius 1 is 0.404 bits per heavy atom. The fourth-order valence-corrected chi connectivity index (χ4v) is 8.72. The summed E-state index contributed by atoms with van der Waals surface area (Å²) in [5, 5.41) is 7.02. The van der Waals surface area contributed by atoms with Crippen LogP contribution in [0.2, 0.25) is 0 Å². The molecule has 0 aliphatic carbocycles. The van der Waals surface area contributed by atoms with Crippen LogP contribution in [0.1, 0.15) is 0 Å². The summed E-state index contributed by atoms with van der Waals surface area (Å²) in [6.07, 6.45) is 0. The Balaban J connectivity index is 1.10. The van der Waals surface area contributed by atoms with Gasteiger partial charge in [-0.25, -0.2) is 14.4 Å². The highest BCUT2D eigenvalue weighted by Crippen LogP contribution is 2.40. The van der Waals surface area contributed by atoms with Gasteiger partial charge in [-0.05, 0) is 80.7 Å². The Kier molecular flexibility index (Phi) is 4.78. The minimum absolute atomic E-state index is 0.867. The molecule has 0 aliphatic rings. The fourth-order valence-electron chi connectivity index (χ4n) is 8.72. The first-order valence-corrected chi connectivity index (χ1v) is 17.6. The molecule has 0 saturated heterocycles. The Hall–Kier alpha value is -7.18. The van der Waals surface area contributed by atoms with Crippen molar-refractivity contribution in [3.63, 3.8) is 0 Å². The molecule has 0 N–H and O–H groups in total. The Labute approximate surface area is 294 Å². The molecular weight excluding hydrogens is 639 g/mol. The van der Waals surface area contributed by atoms with Crippen molar-refractivity contribution in [1.29, 1.82) is 0 Å². The van der Waals surface area contributed by atoms with Crippen LogP contribution in [0.3, 0.4) is 0 Å². The zero-order valence-electron chi connectivity index (χ0n) is 27.6. The van der Waals surface area contributed by atoms with Crippen molar-refractivity contribution >= 4 is 93.7 Å². The topological polar surface area (TPSA) is 52.2 Å². The molecule has 5 heterocycles. The number of benzene rings is 8. The van der Waals surface area contributed by atoms with Crippen molar-refractivity contribution in [3.8, 4) is 22.3 Å². The van der Waals surface area contributed by atoms with E-state index < -0.39 is 0 Å². The third-order valence-corrected chi connectivity index (χ3v) is 11.1. The summed E-state index contributed by atoms with van der Waals surface area (Å²) in [5.41, 5.74) is 13.8. The average Bonchev–Trinajstić information content (AvgIpc) is 3.98. The lowest BCUT2D eigenvalue weighted by Gasteiger charge is -2.08. The van der Waals surface area contributed by atoms with E-state index in [1.807, 2.05) is 12.1 Å². The van der Waals surface area contributed by atoms with E-state index >= 15 is 0 Å². The van der Waals surface area contributed by atoms with E-state index in [9.17, 15) is 0 Å². The van der Waals surface area contributed by atoms with E-state index in [4.69, 9.17) is 14.4 Å². The van der Waals surface area contributed by atoms with E-state index in [0.29, 0.717) is 0 Å². The van der Waals surface area contributed by atoms with Crippen LogP contribution in [-0.2, 0) is 0 Å². The molecule has 13 rings (SSSR count). The molecule has 0 bridgehead atoms. The highest BCUT2D eigenvalue weighted by Gasteiger charge is 2.25. The molecular formula is C46H25N5O. The van der Waals surface area contributed by atoms with Gasteiger partial charge in [0, 0.05) is 16.3 Å². The van der Waals surface area contributed by atoms with Gasteiger partial charge < -0.3 is 4.42 Å². The molecule has 6 nitrogen and oxygen atoms in total. The summed E-state index contributed by atoms with van der Waals surface area (Å²) in [5.74, 6) is 1.73. The molecule has 0 aliphatic heterocycles. The van der Waals surface area contributed by atoms with Crippen LogP contribution in [0.5, 0.6) is 0 Å². The van der Waals surface area contributed by atoms with Crippen molar-refractivity contribution in [2.45, 2.75) is 0 Å². The highest BCUT2D eigenvalue weighted by molar-refractivity contribution is 6.11. The van der Waals surface area contributed by atoms with Gasteiger partial charge in [-0.15, -0.1) is 0 Å². The van der Waals surface area contributed by atoms with Gasteiger partial charge in [0.25, 0.3) is 0 Å². The maximum atomic E-state index is 6.39. The standard InChI is InChI=1S/C46H25N5O/c1-3-10-30-22-38-36(20-28(30)8-1)47-45-49(38)40-24-32(25-41-43(40)51(45)46-48-37-21-29-9-2-4-11-31(29)23-39(37)50(41)46)26-16-18-27(19-17-26)33-13-7-14-35-34-12-5-6-15-42(34)52-44(33)35/h1-25H. The van der Waals surface area contributed by atoms with E-state index in [1.165, 1.54) is 21.5 Å².